The van der Waals surface area contributed by atoms with Crippen molar-refractivity contribution in [3.05, 3.63) is 88.4 Å². The molecular formula is C31H38BrN3O6S. The van der Waals surface area contributed by atoms with Gasteiger partial charge in [-0.25, -0.2) is 8.42 Å². The Labute approximate surface area is 257 Å². The molecule has 226 valence electrons. The fourth-order valence-corrected chi connectivity index (χ4v) is 5.71. The van der Waals surface area contributed by atoms with E-state index in [1.807, 2.05) is 68.4 Å². The third-order valence-electron chi connectivity index (χ3n) is 6.85. The number of hydrogen-bond acceptors (Lipinski definition) is 6. The van der Waals surface area contributed by atoms with Crippen LogP contribution in [0.4, 0.5) is 5.69 Å². The summed E-state index contributed by atoms with van der Waals surface area (Å²) in [5, 5.41) is 3.02. The Morgan fingerprint density at radius 1 is 0.929 bits per heavy atom. The van der Waals surface area contributed by atoms with Gasteiger partial charge in [0.25, 0.3) is 0 Å². The average molecular weight is 661 g/mol. The number of nitrogens with zero attached hydrogens (tertiary/aromatic N) is 2. The molecule has 0 heterocycles. The lowest BCUT2D eigenvalue weighted by molar-refractivity contribution is -0.140. The van der Waals surface area contributed by atoms with E-state index < -0.39 is 28.5 Å². The van der Waals surface area contributed by atoms with Crippen molar-refractivity contribution in [3.8, 4) is 11.5 Å². The largest absolute Gasteiger partial charge is 0.493 e. The second-order valence-corrected chi connectivity index (χ2v) is 12.8. The van der Waals surface area contributed by atoms with Crippen molar-refractivity contribution in [2.45, 2.75) is 45.3 Å². The predicted octanol–water partition coefficient (Wildman–Crippen LogP) is 4.79. The molecule has 0 saturated carbocycles. The molecule has 0 bridgehead atoms. The van der Waals surface area contributed by atoms with Crippen molar-refractivity contribution < 1.29 is 27.5 Å². The van der Waals surface area contributed by atoms with Crippen molar-refractivity contribution in [2.24, 2.45) is 0 Å². The number of anilines is 1. The number of methoxy groups -OCH3 is 2. The van der Waals surface area contributed by atoms with Crippen molar-refractivity contribution >= 4 is 43.5 Å². The lowest BCUT2D eigenvalue weighted by Gasteiger charge is -2.34. The van der Waals surface area contributed by atoms with Crippen molar-refractivity contribution in [1.82, 2.24) is 10.2 Å². The van der Waals surface area contributed by atoms with Crippen molar-refractivity contribution in [2.75, 3.05) is 31.3 Å². The summed E-state index contributed by atoms with van der Waals surface area (Å²) in [7, 11) is -0.993. The van der Waals surface area contributed by atoms with Crippen LogP contribution in [0.15, 0.2) is 77.3 Å². The molecule has 2 atom stereocenters. The number of hydrogen-bond donors (Lipinski definition) is 1. The van der Waals surface area contributed by atoms with Crippen LogP contribution in [-0.4, -0.2) is 64.2 Å². The van der Waals surface area contributed by atoms with Crippen LogP contribution in [0.1, 0.15) is 31.4 Å². The maximum absolute atomic E-state index is 14.2. The quantitative estimate of drug-likeness (QED) is 0.267. The van der Waals surface area contributed by atoms with Crippen LogP contribution in [0.2, 0.25) is 0 Å². The zero-order chi connectivity index (χ0) is 30.9. The van der Waals surface area contributed by atoms with Gasteiger partial charge in [-0.2, -0.15) is 0 Å². The van der Waals surface area contributed by atoms with Gasteiger partial charge in [0.05, 0.1) is 26.2 Å². The van der Waals surface area contributed by atoms with Gasteiger partial charge in [-0.05, 0) is 48.7 Å². The normalized spacial score (nSPS) is 12.6. The Bertz CT molecular complexity index is 1470. The highest BCUT2D eigenvalue weighted by molar-refractivity contribution is 9.10. The van der Waals surface area contributed by atoms with E-state index in [1.54, 1.807) is 12.1 Å². The SMILES string of the molecule is CC[C@@H](C)NC(=O)[C@H](Cc1ccccc1)N(Cc1cccc(Br)c1)C(=O)CN(c1ccc(OC)c(OC)c1)S(C)(=O)=O. The lowest BCUT2D eigenvalue weighted by Crippen LogP contribution is -2.54. The Kier molecular flexibility index (Phi) is 11.8. The molecule has 0 aliphatic rings. The summed E-state index contributed by atoms with van der Waals surface area (Å²) in [5.41, 5.74) is 1.88. The van der Waals surface area contributed by atoms with E-state index in [0.29, 0.717) is 17.9 Å². The monoisotopic (exact) mass is 659 g/mol. The van der Waals surface area contributed by atoms with E-state index in [2.05, 4.69) is 21.2 Å². The zero-order valence-electron chi connectivity index (χ0n) is 24.5. The molecule has 0 aromatic heterocycles. The number of amides is 2. The Hall–Kier alpha value is -3.57. The molecule has 0 aliphatic heterocycles. The summed E-state index contributed by atoms with van der Waals surface area (Å²) in [6.07, 6.45) is 2.00. The van der Waals surface area contributed by atoms with Gasteiger partial charge < -0.3 is 19.7 Å². The fourth-order valence-electron chi connectivity index (χ4n) is 4.42. The molecule has 0 aliphatic carbocycles. The van der Waals surface area contributed by atoms with Gasteiger partial charge in [-0.3, -0.25) is 13.9 Å². The third kappa shape index (κ3) is 8.96. The number of ether oxygens (including phenoxy) is 2. The minimum Gasteiger partial charge on any atom is -0.493 e. The second kappa shape index (κ2) is 15.1. The molecule has 3 rings (SSSR count). The molecule has 9 nitrogen and oxygen atoms in total. The molecule has 0 radical (unpaired) electrons. The molecule has 3 aromatic rings. The molecule has 1 N–H and O–H groups in total. The number of carbonyl (C=O) groups is 2. The van der Waals surface area contributed by atoms with E-state index >= 15 is 0 Å². The summed E-state index contributed by atoms with van der Waals surface area (Å²) in [6.45, 7) is 3.44. The van der Waals surface area contributed by atoms with E-state index in [1.165, 1.54) is 25.2 Å². The van der Waals surface area contributed by atoms with E-state index in [-0.39, 0.29) is 30.6 Å². The highest BCUT2D eigenvalue weighted by atomic mass is 79.9. The number of halogens is 1. The van der Waals surface area contributed by atoms with Crippen LogP contribution < -0.4 is 19.1 Å². The first-order valence-corrected chi connectivity index (χ1v) is 16.2. The average Bonchev–Trinajstić information content (AvgIpc) is 2.97. The predicted molar refractivity (Wildman–Crippen MR) is 168 cm³/mol. The maximum Gasteiger partial charge on any atom is 0.244 e. The van der Waals surface area contributed by atoms with Gasteiger partial charge in [-0.1, -0.05) is 65.3 Å². The molecular weight excluding hydrogens is 622 g/mol. The second-order valence-electron chi connectivity index (χ2n) is 9.98. The first kappa shape index (κ1) is 32.9. The number of nitrogens with one attached hydrogen (secondary N) is 1. The Balaban J connectivity index is 2.08. The van der Waals surface area contributed by atoms with E-state index in [4.69, 9.17) is 9.47 Å². The summed E-state index contributed by atoms with van der Waals surface area (Å²) in [6, 6.07) is 20.5. The highest BCUT2D eigenvalue weighted by Crippen LogP contribution is 2.32. The van der Waals surface area contributed by atoms with Gasteiger partial charge in [0.2, 0.25) is 21.8 Å². The summed E-state index contributed by atoms with van der Waals surface area (Å²) < 4.78 is 38.5. The molecule has 2 amide bonds. The highest BCUT2D eigenvalue weighted by Gasteiger charge is 2.33. The molecule has 0 saturated heterocycles. The minimum absolute atomic E-state index is 0.0905. The molecule has 0 fully saturated rings. The molecule has 42 heavy (non-hydrogen) atoms. The summed E-state index contributed by atoms with van der Waals surface area (Å²) in [5.74, 6) is -0.108. The van der Waals surface area contributed by atoms with Crippen LogP contribution in [0, 0.1) is 0 Å². The Morgan fingerprint density at radius 2 is 1.60 bits per heavy atom. The number of sulfonamides is 1. The molecule has 0 spiro atoms. The van der Waals surface area contributed by atoms with Crippen LogP contribution in [0.25, 0.3) is 0 Å². The molecule has 3 aromatic carbocycles. The fraction of sp³-hybridized carbons (Fsp3) is 0.355. The number of benzene rings is 3. The first-order valence-electron chi connectivity index (χ1n) is 13.5. The standard InChI is InChI=1S/C31H38BrN3O6S/c1-6-22(2)33-31(37)27(18-23-11-8-7-9-12-23)34(20-24-13-10-14-25(32)17-24)30(36)21-35(42(5,38)39)26-15-16-28(40-3)29(19-26)41-4/h7-17,19,22,27H,6,18,20-21H2,1-5H3,(H,33,37)/t22-,27+/m1/s1. The van der Waals surface area contributed by atoms with Gasteiger partial charge in [-0.15, -0.1) is 0 Å². The summed E-state index contributed by atoms with van der Waals surface area (Å²) >= 11 is 3.48. The molecule has 11 heteroatoms. The van der Waals surface area contributed by atoms with Crippen LogP contribution in [0.5, 0.6) is 11.5 Å². The number of carbonyl (C=O) groups excluding carboxylic acids is 2. The lowest BCUT2D eigenvalue weighted by atomic mass is 10.0. The third-order valence-corrected chi connectivity index (χ3v) is 8.48. The van der Waals surface area contributed by atoms with Crippen molar-refractivity contribution in [3.63, 3.8) is 0 Å². The molecule has 0 unspecified atom stereocenters. The first-order chi connectivity index (χ1) is 20.0. The van der Waals surface area contributed by atoms with Crippen LogP contribution in [-0.2, 0) is 32.6 Å². The topological polar surface area (TPSA) is 105 Å². The van der Waals surface area contributed by atoms with Crippen molar-refractivity contribution in [1.29, 1.82) is 0 Å². The van der Waals surface area contributed by atoms with Gasteiger partial charge in [0, 0.05) is 29.5 Å². The van der Waals surface area contributed by atoms with Crippen LogP contribution >= 0.6 is 15.9 Å². The number of rotatable bonds is 14. The zero-order valence-corrected chi connectivity index (χ0v) is 26.9. The maximum atomic E-state index is 14.2. The van der Waals surface area contributed by atoms with E-state index in [9.17, 15) is 18.0 Å². The van der Waals surface area contributed by atoms with Crippen LogP contribution in [0.3, 0.4) is 0 Å². The van der Waals surface area contributed by atoms with Gasteiger partial charge in [0.15, 0.2) is 11.5 Å². The Morgan fingerprint density at radius 3 is 2.19 bits per heavy atom. The minimum atomic E-state index is -3.92. The van der Waals surface area contributed by atoms with Gasteiger partial charge >= 0.3 is 0 Å². The smallest absolute Gasteiger partial charge is 0.244 e. The van der Waals surface area contributed by atoms with Gasteiger partial charge in [0.1, 0.15) is 12.6 Å². The van der Waals surface area contributed by atoms with E-state index in [0.717, 1.165) is 26.2 Å². The summed E-state index contributed by atoms with van der Waals surface area (Å²) in [4.78, 5) is 29.4.